The van der Waals surface area contributed by atoms with Crippen LogP contribution in [0, 0.1) is 0 Å². The highest BCUT2D eigenvalue weighted by atomic mass is 16.5. The maximum atomic E-state index is 12.5. The van der Waals surface area contributed by atoms with E-state index in [4.69, 9.17) is 14.2 Å². The SMILES string of the molecule is O=C1NCCOCCOc2cc(cc(N3CCOCC3)c2)-c2n[nH]c3ccc1cc23. The highest BCUT2D eigenvalue weighted by Crippen LogP contribution is 2.34. The number of morpholine rings is 1. The largest absolute Gasteiger partial charge is 0.491 e. The molecule has 0 saturated carbocycles. The van der Waals surface area contributed by atoms with E-state index >= 15 is 0 Å². The number of aromatic amines is 1. The fourth-order valence-corrected chi connectivity index (χ4v) is 3.84. The highest BCUT2D eigenvalue weighted by molar-refractivity contribution is 6.01. The topological polar surface area (TPSA) is 88.7 Å². The zero-order valence-electron chi connectivity index (χ0n) is 16.6. The van der Waals surface area contributed by atoms with Crippen molar-refractivity contribution in [3.63, 3.8) is 0 Å². The quantitative estimate of drug-likeness (QED) is 0.642. The van der Waals surface area contributed by atoms with Gasteiger partial charge in [0.2, 0.25) is 0 Å². The van der Waals surface area contributed by atoms with Crippen molar-refractivity contribution in [3.05, 3.63) is 42.0 Å². The number of anilines is 1. The second-order valence-electron chi connectivity index (χ2n) is 7.36. The maximum absolute atomic E-state index is 12.5. The lowest BCUT2D eigenvalue weighted by molar-refractivity contribution is 0.0867. The number of benzene rings is 2. The van der Waals surface area contributed by atoms with Crippen LogP contribution in [0.4, 0.5) is 5.69 Å². The van der Waals surface area contributed by atoms with Crippen LogP contribution < -0.4 is 15.0 Å². The van der Waals surface area contributed by atoms with Gasteiger partial charge in [-0.15, -0.1) is 0 Å². The number of hydrogen-bond acceptors (Lipinski definition) is 6. The number of carbonyl (C=O) groups is 1. The van der Waals surface area contributed by atoms with Gasteiger partial charge in [0, 0.05) is 47.9 Å². The van der Waals surface area contributed by atoms with Crippen molar-refractivity contribution in [1.29, 1.82) is 0 Å². The molecule has 30 heavy (non-hydrogen) atoms. The van der Waals surface area contributed by atoms with Crippen LogP contribution in [0.5, 0.6) is 5.75 Å². The minimum Gasteiger partial charge on any atom is -0.491 e. The number of aromatic nitrogens is 2. The number of H-pyrrole nitrogens is 1. The van der Waals surface area contributed by atoms with Crippen LogP contribution in [0.25, 0.3) is 22.2 Å². The molecule has 0 aliphatic carbocycles. The van der Waals surface area contributed by atoms with Gasteiger partial charge in [0.15, 0.2) is 0 Å². The summed E-state index contributed by atoms with van der Waals surface area (Å²) < 4.78 is 17.1. The van der Waals surface area contributed by atoms with Crippen molar-refractivity contribution in [3.8, 4) is 17.0 Å². The van der Waals surface area contributed by atoms with Gasteiger partial charge in [-0.3, -0.25) is 9.89 Å². The third-order valence-corrected chi connectivity index (χ3v) is 5.39. The molecule has 4 bridgehead atoms. The van der Waals surface area contributed by atoms with Gasteiger partial charge in [-0.05, 0) is 30.3 Å². The first-order valence-corrected chi connectivity index (χ1v) is 10.2. The molecule has 3 aromatic rings. The van der Waals surface area contributed by atoms with E-state index in [1.807, 2.05) is 18.2 Å². The van der Waals surface area contributed by atoms with Crippen LogP contribution in [-0.2, 0) is 9.47 Å². The van der Waals surface area contributed by atoms with Gasteiger partial charge in [-0.25, -0.2) is 0 Å². The summed E-state index contributed by atoms with van der Waals surface area (Å²) in [6.07, 6.45) is 0. The summed E-state index contributed by atoms with van der Waals surface area (Å²) in [5.41, 5.74) is 4.29. The van der Waals surface area contributed by atoms with Crippen molar-refractivity contribution in [2.75, 3.05) is 57.6 Å². The Morgan fingerprint density at radius 1 is 0.900 bits per heavy atom. The summed E-state index contributed by atoms with van der Waals surface area (Å²) in [5.74, 6) is 0.649. The fourth-order valence-electron chi connectivity index (χ4n) is 3.84. The number of ether oxygens (including phenoxy) is 3. The minimum atomic E-state index is -0.124. The number of carbonyl (C=O) groups excluding carboxylic acids is 1. The zero-order chi connectivity index (χ0) is 20.3. The molecular formula is C22H24N4O4. The molecule has 0 atom stereocenters. The van der Waals surface area contributed by atoms with Gasteiger partial charge in [0.05, 0.1) is 31.9 Å². The molecule has 0 spiro atoms. The zero-order valence-corrected chi connectivity index (χ0v) is 16.6. The van der Waals surface area contributed by atoms with Crippen LogP contribution in [0.3, 0.4) is 0 Å². The second-order valence-corrected chi connectivity index (χ2v) is 7.36. The molecule has 3 heterocycles. The molecule has 1 saturated heterocycles. The van der Waals surface area contributed by atoms with E-state index in [0.717, 1.165) is 46.7 Å². The van der Waals surface area contributed by atoms with Gasteiger partial charge in [-0.1, -0.05) is 0 Å². The molecule has 2 aromatic carbocycles. The normalized spacial score (nSPS) is 17.9. The minimum absolute atomic E-state index is 0.124. The average molecular weight is 408 g/mol. The number of hydrogen-bond donors (Lipinski definition) is 2. The predicted molar refractivity (Wildman–Crippen MR) is 113 cm³/mol. The molecule has 8 heteroatoms. The number of nitrogens with one attached hydrogen (secondary N) is 2. The van der Waals surface area contributed by atoms with Crippen molar-refractivity contribution >= 4 is 22.5 Å². The monoisotopic (exact) mass is 408 g/mol. The van der Waals surface area contributed by atoms with Gasteiger partial charge < -0.3 is 24.4 Å². The van der Waals surface area contributed by atoms with E-state index in [-0.39, 0.29) is 5.91 Å². The summed E-state index contributed by atoms with van der Waals surface area (Å²) >= 11 is 0. The Morgan fingerprint density at radius 2 is 1.77 bits per heavy atom. The Labute approximate surface area is 174 Å². The molecule has 8 nitrogen and oxygen atoms in total. The van der Waals surface area contributed by atoms with Crippen LogP contribution in [0.1, 0.15) is 10.4 Å². The molecule has 1 fully saturated rings. The van der Waals surface area contributed by atoms with E-state index in [9.17, 15) is 4.79 Å². The number of nitrogens with zero attached hydrogens (tertiary/aromatic N) is 2. The van der Waals surface area contributed by atoms with Gasteiger partial charge >= 0.3 is 0 Å². The Morgan fingerprint density at radius 3 is 2.67 bits per heavy atom. The number of fused-ring (bicyclic) bond motifs is 4. The number of rotatable bonds is 1. The average Bonchev–Trinajstić information content (AvgIpc) is 3.21. The Balaban J connectivity index is 1.61. The molecule has 0 radical (unpaired) electrons. The van der Waals surface area contributed by atoms with Crippen LogP contribution in [0.15, 0.2) is 36.4 Å². The van der Waals surface area contributed by atoms with Crippen molar-refractivity contribution < 1.29 is 19.0 Å². The van der Waals surface area contributed by atoms with E-state index in [1.165, 1.54) is 0 Å². The second kappa shape index (κ2) is 8.33. The fraction of sp³-hybridized carbons (Fsp3) is 0.364. The summed E-state index contributed by atoms with van der Waals surface area (Å²) in [4.78, 5) is 14.8. The first kappa shape index (κ1) is 18.9. The molecule has 156 valence electrons. The molecule has 0 unspecified atom stereocenters. The third kappa shape index (κ3) is 3.83. The standard InChI is InChI=1S/C22H24N4O4/c27-22-15-1-2-20-19(13-15)21(25-24-20)16-11-17(26-4-7-29-8-5-26)14-18(12-16)30-10-9-28-6-3-23-22/h1-2,11-14H,3-10H2,(H,23,27)(H,24,25). The lowest BCUT2D eigenvalue weighted by Crippen LogP contribution is -2.36. The molecule has 1 aromatic heterocycles. The summed E-state index contributed by atoms with van der Waals surface area (Å²) in [6.45, 7) is 4.85. The summed E-state index contributed by atoms with van der Waals surface area (Å²) in [7, 11) is 0. The molecular weight excluding hydrogens is 384 g/mol. The van der Waals surface area contributed by atoms with Crippen molar-refractivity contribution in [2.24, 2.45) is 0 Å². The van der Waals surface area contributed by atoms with Crippen LogP contribution in [0.2, 0.25) is 0 Å². The summed E-state index contributed by atoms with van der Waals surface area (Å²) in [5, 5.41) is 11.4. The highest BCUT2D eigenvalue weighted by Gasteiger charge is 2.17. The first-order valence-electron chi connectivity index (χ1n) is 10.2. The lowest BCUT2D eigenvalue weighted by Gasteiger charge is -2.29. The number of amides is 1. The Kier molecular flexibility index (Phi) is 5.25. The van der Waals surface area contributed by atoms with E-state index in [2.05, 4.69) is 32.5 Å². The van der Waals surface area contributed by atoms with Gasteiger partial charge in [0.1, 0.15) is 18.1 Å². The van der Waals surface area contributed by atoms with Crippen LogP contribution in [-0.4, -0.2) is 68.8 Å². The molecule has 1 amide bonds. The van der Waals surface area contributed by atoms with Crippen molar-refractivity contribution in [2.45, 2.75) is 0 Å². The van der Waals surface area contributed by atoms with Gasteiger partial charge in [0.25, 0.3) is 5.91 Å². The maximum Gasteiger partial charge on any atom is 0.251 e. The van der Waals surface area contributed by atoms with Crippen molar-refractivity contribution in [1.82, 2.24) is 15.5 Å². The van der Waals surface area contributed by atoms with E-state index < -0.39 is 0 Å². The molecule has 5 rings (SSSR count). The summed E-state index contributed by atoms with van der Waals surface area (Å²) in [6, 6.07) is 11.7. The molecule has 2 aliphatic rings. The van der Waals surface area contributed by atoms with E-state index in [1.54, 1.807) is 6.07 Å². The molecule has 2 aliphatic heterocycles. The third-order valence-electron chi connectivity index (χ3n) is 5.39. The van der Waals surface area contributed by atoms with Crippen LogP contribution >= 0.6 is 0 Å². The Hall–Kier alpha value is -3.10. The smallest absolute Gasteiger partial charge is 0.251 e. The van der Waals surface area contributed by atoms with E-state index in [0.29, 0.717) is 45.1 Å². The molecule has 2 N–H and O–H groups in total. The lowest BCUT2D eigenvalue weighted by atomic mass is 10.0. The Bertz CT molecular complexity index is 1060. The van der Waals surface area contributed by atoms with Gasteiger partial charge in [-0.2, -0.15) is 5.10 Å². The first-order chi connectivity index (χ1) is 14.8. The predicted octanol–water partition coefficient (Wildman–Crippen LogP) is 2.21.